The third-order valence-corrected chi connectivity index (χ3v) is 5.23. The number of aryl methyl sites for hydroxylation is 4. The predicted molar refractivity (Wildman–Crippen MR) is 105 cm³/mol. The van der Waals surface area contributed by atoms with E-state index in [0.29, 0.717) is 12.6 Å². The summed E-state index contributed by atoms with van der Waals surface area (Å²) in [4.78, 5) is 8.67. The van der Waals surface area contributed by atoms with E-state index in [4.69, 9.17) is 4.74 Å². The Hall–Kier alpha value is -2.87. The van der Waals surface area contributed by atoms with Crippen LogP contribution in [0, 0.1) is 25.2 Å². The van der Waals surface area contributed by atoms with Crippen LogP contribution in [0.1, 0.15) is 47.5 Å². The molecule has 0 atom stereocenters. The SMILES string of the molecule is Cc1cc(C)nc(OCCCn2c3c(c4cc(C#N)ccc42)CCCC3)n1. The molecule has 0 spiro atoms. The van der Waals surface area contributed by atoms with Crippen LogP contribution in [0.5, 0.6) is 6.01 Å². The van der Waals surface area contributed by atoms with Gasteiger partial charge in [0.05, 0.1) is 18.2 Å². The minimum atomic E-state index is 0.463. The molecule has 2 heterocycles. The van der Waals surface area contributed by atoms with Crippen LogP contribution in [0.2, 0.25) is 0 Å². The number of fused-ring (bicyclic) bond motifs is 3. The maximum absolute atomic E-state index is 9.24. The number of benzene rings is 1. The fraction of sp³-hybridized carbons (Fsp3) is 0.409. The van der Waals surface area contributed by atoms with Crippen molar-refractivity contribution in [2.45, 2.75) is 52.5 Å². The van der Waals surface area contributed by atoms with Crippen molar-refractivity contribution in [1.29, 1.82) is 5.26 Å². The highest BCUT2D eigenvalue weighted by Gasteiger charge is 2.20. The van der Waals surface area contributed by atoms with Crippen molar-refractivity contribution in [1.82, 2.24) is 14.5 Å². The Bertz CT molecular complexity index is 1010. The fourth-order valence-electron chi connectivity index (χ4n) is 4.11. The Morgan fingerprint density at radius 1 is 1.11 bits per heavy atom. The predicted octanol–water partition coefficient (Wildman–Crippen LogP) is 4.27. The number of ether oxygens (including phenoxy) is 1. The number of aromatic nitrogens is 3. The van der Waals surface area contributed by atoms with Gasteiger partial charge < -0.3 is 9.30 Å². The molecule has 0 saturated heterocycles. The first kappa shape index (κ1) is 17.5. The summed E-state index contributed by atoms with van der Waals surface area (Å²) in [5.74, 6) is 0. The van der Waals surface area contributed by atoms with E-state index in [1.807, 2.05) is 26.0 Å². The van der Waals surface area contributed by atoms with Crippen LogP contribution in [0.4, 0.5) is 0 Å². The Balaban J connectivity index is 1.52. The first-order valence-corrected chi connectivity index (χ1v) is 9.65. The monoisotopic (exact) mass is 360 g/mol. The minimum Gasteiger partial charge on any atom is -0.463 e. The Morgan fingerprint density at radius 2 is 1.89 bits per heavy atom. The van der Waals surface area contributed by atoms with Gasteiger partial charge in [-0.3, -0.25) is 0 Å². The maximum atomic E-state index is 9.24. The van der Waals surface area contributed by atoms with Crippen molar-refractivity contribution in [3.05, 3.63) is 52.5 Å². The van der Waals surface area contributed by atoms with Gasteiger partial charge in [-0.1, -0.05) is 0 Å². The van der Waals surface area contributed by atoms with Gasteiger partial charge in [0.2, 0.25) is 0 Å². The van der Waals surface area contributed by atoms with E-state index in [1.165, 1.54) is 35.0 Å². The number of nitriles is 1. The molecule has 0 bridgehead atoms. The molecule has 2 aromatic heterocycles. The van der Waals surface area contributed by atoms with Crippen LogP contribution in [-0.4, -0.2) is 21.1 Å². The molecule has 1 aromatic carbocycles. The van der Waals surface area contributed by atoms with E-state index in [2.05, 4.69) is 32.7 Å². The number of hydrogen-bond acceptors (Lipinski definition) is 4. The van der Waals surface area contributed by atoms with Gasteiger partial charge in [-0.05, 0) is 75.8 Å². The lowest BCUT2D eigenvalue weighted by molar-refractivity contribution is 0.278. The van der Waals surface area contributed by atoms with E-state index in [9.17, 15) is 5.26 Å². The molecule has 0 radical (unpaired) electrons. The third-order valence-electron chi connectivity index (χ3n) is 5.23. The molecule has 27 heavy (non-hydrogen) atoms. The highest BCUT2D eigenvalue weighted by molar-refractivity contribution is 5.87. The van der Waals surface area contributed by atoms with E-state index < -0.39 is 0 Å². The van der Waals surface area contributed by atoms with Gasteiger partial charge in [0, 0.05) is 34.5 Å². The van der Waals surface area contributed by atoms with Crippen molar-refractivity contribution in [2.75, 3.05) is 6.61 Å². The van der Waals surface area contributed by atoms with Crippen LogP contribution in [0.3, 0.4) is 0 Å². The molecule has 1 aliphatic rings. The molecule has 0 saturated carbocycles. The zero-order valence-corrected chi connectivity index (χ0v) is 16.0. The lowest BCUT2D eigenvalue weighted by atomic mass is 9.95. The van der Waals surface area contributed by atoms with Gasteiger partial charge in [-0.15, -0.1) is 0 Å². The molecule has 4 rings (SSSR count). The van der Waals surface area contributed by atoms with Crippen LogP contribution in [0.15, 0.2) is 24.3 Å². The Kier molecular flexibility index (Phi) is 4.81. The molecule has 0 amide bonds. The van der Waals surface area contributed by atoms with E-state index in [-0.39, 0.29) is 0 Å². The van der Waals surface area contributed by atoms with Crippen molar-refractivity contribution >= 4 is 10.9 Å². The smallest absolute Gasteiger partial charge is 0.316 e. The van der Waals surface area contributed by atoms with Gasteiger partial charge in [0.15, 0.2) is 0 Å². The molecule has 5 nitrogen and oxygen atoms in total. The van der Waals surface area contributed by atoms with Gasteiger partial charge >= 0.3 is 6.01 Å². The van der Waals surface area contributed by atoms with E-state index in [0.717, 1.165) is 42.8 Å². The second-order valence-corrected chi connectivity index (χ2v) is 7.26. The van der Waals surface area contributed by atoms with Crippen molar-refractivity contribution in [2.24, 2.45) is 0 Å². The second-order valence-electron chi connectivity index (χ2n) is 7.26. The summed E-state index contributed by atoms with van der Waals surface area (Å²) in [5.41, 5.74) is 6.71. The highest BCUT2D eigenvalue weighted by atomic mass is 16.5. The van der Waals surface area contributed by atoms with Crippen LogP contribution >= 0.6 is 0 Å². The van der Waals surface area contributed by atoms with Crippen molar-refractivity contribution in [3.63, 3.8) is 0 Å². The molecule has 0 aliphatic heterocycles. The highest BCUT2D eigenvalue weighted by Crippen LogP contribution is 2.33. The first-order valence-electron chi connectivity index (χ1n) is 9.65. The fourth-order valence-corrected chi connectivity index (χ4v) is 4.11. The zero-order valence-electron chi connectivity index (χ0n) is 16.0. The Labute approximate surface area is 159 Å². The molecule has 1 aliphatic carbocycles. The zero-order chi connectivity index (χ0) is 18.8. The average Bonchev–Trinajstić information content (AvgIpc) is 2.98. The van der Waals surface area contributed by atoms with Gasteiger partial charge in [0.1, 0.15) is 0 Å². The molecular weight excluding hydrogens is 336 g/mol. The molecular formula is C22H24N4O. The molecule has 0 fully saturated rings. The molecule has 3 aromatic rings. The number of hydrogen-bond donors (Lipinski definition) is 0. The topological polar surface area (TPSA) is 63.7 Å². The van der Waals surface area contributed by atoms with Crippen molar-refractivity contribution < 1.29 is 4.74 Å². The number of rotatable bonds is 5. The second kappa shape index (κ2) is 7.40. The van der Waals surface area contributed by atoms with E-state index in [1.54, 1.807) is 0 Å². The summed E-state index contributed by atoms with van der Waals surface area (Å²) < 4.78 is 8.21. The summed E-state index contributed by atoms with van der Waals surface area (Å²) in [6.45, 7) is 5.40. The molecule has 0 N–H and O–H groups in total. The maximum Gasteiger partial charge on any atom is 0.316 e. The average molecular weight is 360 g/mol. The lowest BCUT2D eigenvalue weighted by Gasteiger charge is -2.16. The van der Waals surface area contributed by atoms with Crippen LogP contribution in [-0.2, 0) is 19.4 Å². The summed E-state index contributed by atoms with van der Waals surface area (Å²) in [6.07, 6.45) is 5.59. The lowest BCUT2D eigenvalue weighted by Crippen LogP contribution is -2.11. The summed E-state index contributed by atoms with van der Waals surface area (Å²) in [5, 5.41) is 10.5. The largest absolute Gasteiger partial charge is 0.463 e. The van der Waals surface area contributed by atoms with Crippen LogP contribution in [0.25, 0.3) is 10.9 Å². The standard InChI is InChI=1S/C22H24N4O/c1-15-12-16(2)25-22(24-15)27-11-5-10-26-20-7-4-3-6-18(20)19-13-17(14-23)8-9-21(19)26/h8-9,12-13H,3-7,10-11H2,1-2H3. The number of nitrogens with zero attached hydrogens (tertiary/aromatic N) is 4. The normalized spacial score (nSPS) is 13.4. The van der Waals surface area contributed by atoms with Gasteiger partial charge in [0.25, 0.3) is 0 Å². The third kappa shape index (κ3) is 3.52. The molecule has 138 valence electrons. The minimum absolute atomic E-state index is 0.463. The summed E-state index contributed by atoms with van der Waals surface area (Å²) >= 11 is 0. The summed E-state index contributed by atoms with van der Waals surface area (Å²) in [7, 11) is 0. The van der Waals surface area contributed by atoms with Gasteiger partial charge in [-0.25, -0.2) is 9.97 Å². The molecule has 5 heteroatoms. The van der Waals surface area contributed by atoms with Crippen LogP contribution < -0.4 is 4.74 Å². The van der Waals surface area contributed by atoms with Gasteiger partial charge in [-0.2, -0.15) is 5.26 Å². The summed E-state index contributed by atoms with van der Waals surface area (Å²) in [6, 6.07) is 10.7. The first-order chi connectivity index (χ1) is 13.2. The molecule has 0 unspecified atom stereocenters. The quantitative estimate of drug-likeness (QED) is 0.638. The van der Waals surface area contributed by atoms with E-state index >= 15 is 0 Å². The Morgan fingerprint density at radius 3 is 2.67 bits per heavy atom. The van der Waals surface area contributed by atoms with Crippen molar-refractivity contribution in [3.8, 4) is 12.1 Å².